The Kier molecular flexibility index (Phi) is 5.16. The first kappa shape index (κ1) is 16.4. The molecule has 0 aliphatic rings. The van der Waals surface area contributed by atoms with Crippen molar-refractivity contribution >= 4 is 18.2 Å². The average molecular weight is 331 g/mol. The summed E-state index contributed by atoms with van der Waals surface area (Å²) in [6.07, 6.45) is 5.18. The molecule has 0 fully saturated rings. The lowest BCUT2D eigenvalue weighted by Gasteiger charge is -2.01. The van der Waals surface area contributed by atoms with Crippen LogP contribution in [0.25, 0.3) is 17.3 Å². The van der Waals surface area contributed by atoms with Gasteiger partial charge in [-0.1, -0.05) is 71.9 Å². The smallest absolute Gasteiger partial charge is 0.277 e. The number of carbonyl (C=O) groups excluding carboxylic acids is 1. The zero-order chi connectivity index (χ0) is 17.5. The number of hydrogen-bond acceptors (Lipinski definition) is 4. The molecule has 2 aromatic carbocycles. The summed E-state index contributed by atoms with van der Waals surface area (Å²) < 4.78 is 5.18. The van der Waals surface area contributed by atoms with Crippen LogP contribution >= 0.6 is 0 Å². The molecule has 1 heterocycles. The van der Waals surface area contributed by atoms with E-state index in [-0.39, 0.29) is 5.91 Å². The van der Waals surface area contributed by atoms with E-state index in [2.05, 4.69) is 15.7 Å². The van der Waals surface area contributed by atoms with Gasteiger partial charge in [0.2, 0.25) is 0 Å². The molecule has 0 saturated carbocycles. The monoisotopic (exact) mass is 331 g/mol. The van der Waals surface area contributed by atoms with E-state index in [1.165, 1.54) is 6.21 Å². The molecule has 1 aromatic heterocycles. The Morgan fingerprint density at radius 3 is 2.48 bits per heavy atom. The van der Waals surface area contributed by atoms with E-state index in [9.17, 15) is 4.79 Å². The van der Waals surface area contributed by atoms with Crippen molar-refractivity contribution in [3.63, 3.8) is 0 Å². The molecule has 0 spiro atoms. The maximum Gasteiger partial charge on any atom is 0.277 e. The molecule has 0 aliphatic carbocycles. The van der Waals surface area contributed by atoms with Gasteiger partial charge in [-0.25, -0.2) is 5.43 Å². The van der Waals surface area contributed by atoms with Crippen molar-refractivity contribution in [1.29, 1.82) is 0 Å². The summed E-state index contributed by atoms with van der Waals surface area (Å²) in [5.74, 6) is 0.0911. The van der Waals surface area contributed by atoms with Crippen LogP contribution in [0.1, 0.15) is 21.7 Å². The van der Waals surface area contributed by atoms with Crippen LogP contribution in [-0.2, 0) is 0 Å². The Labute approximate surface area is 145 Å². The molecule has 0 aliphatic heterocycles. The normalized spacial score (nSPS) is 11.2. The standard InChI is InChI=1S/C20H17N3O2/c1-15-18(19(23-25-15)17-12-6-3-7-13-17)20(24)22-21-14-8-11-16-9-4-2-5-10-16/h2-14H,1H3,(H,22,24)/b11-8+,21-14?. The van der Waals surface area contributed by atoms with Crippen molar-refractivity contribution in [2.75, 3.05) is 0 Å². The topological polar surface area (TPSA) is 67.5 Å². The highest BCUT2D eigenvalue weighted by atomic mass is 16.5. The first-order chi connectivity index (χ1) is 12.3. The fraction of sp³-hybridized carbons (Fsp3) is 0.0500. The highest BCUT2D eigenvalue weighted by molar-refractivity contribution is 6.01. The summed E-state index contributed by atoms with van der Waals surface area (Å²) in [5.41, 5.74) is 5.27. The number of nitrogens with one attached hydrogen (secondary N) is 1. The number of allylic oxidation sites excluding steroid dienone is 1. The van der Waals surface area contributed by atoms with Crippen molar-refractivity contribution in [1.82, 2.24) is 10.6 Å². The maximum absolute atomic E-state index is 12.4. The Morgan fingerprint density at radius 2 is 1.76 bits per heavy atom. The van der Waals surface area contributed by atoms with Gasteiger partial charge in [-0.2, -0.15) is 5.10 Å². The Morgan fingerprint density at radius 1 is 1.08 bits per heavy atom. The first-order valence-corrected chi connectivity index (χ1v) is 7.82. The van der Waals surface area contributed by atoms with Crippen LogP contribution in [0.5, 0.6) is 0 Å². The van der Waals surface area contributed by atoms with Crippen LogP contribution in [-0.4, -0.2) is 17.3 Å². The van der Waals surface area contributed by atoms with Gasteiger partial charge in [0.25, 0.3) is 5.91 Å². The molecule has 0 radical (unpaired) electrons. The molecule has 1 N–H and O–H groups in total. The fourth-order valence-corrected chi connectivity index (χ4v) is 2.35. The molecule has 124 valence electrons. The lowest BCUT2D eigenvalue weighted by molar-refractivity contribution is 0.0954. The number of benzene rings is 2. The Hall–Kier alpha value is -3.47. The van der Waals surface area contributed by atoms with E-state index in [4.69, 9.17) is 4.52 Å². The molecule has 25 heavy (non-hydrogen) atoms. The molecule has 0 atom stereocenters. The minimum atomic E-state index is -0.359. The van der Waals surface area contributed by atoms with Crippen LogP contribution in [0, 0.1) is 6.92 Å². The van der Waals surface area contributed by atoms with Gasteiger partial charge in [-0.3, -0.25) is 4.79 Å². The lowest BCUT2D eigenvalue weighted by Crippen LogP contribution is -2.18. The second kappa shape index (κ2) is 7.88. The number of aromatic nitrogens is 1. The van der Waals surface area contributed by atoms with Crippen LogP contribution in [0.4, 0.5) is 0 Å². The summed E-state index contributed by atoms with van der Waals surface area (Å²) in [4.78, 5) is 12.4. The van der Waals surface area contributed by atoms with E-state index in [0.717, 1.165) is 11.1 Å². The summed E-state index contributed by atoms with van der Waals surface area (Å²) >= 11 is 0. The van der Waals surface area contributed by atoms with Crippen molar-refractivity contribution in [3.8, 4) is 11.3 Å². The van der Waals surface area contributed by atoms with Crippen molar-refractivity contribution < 1.29 is 9.32 Å². The molecule has 5 heteroatoms. The first-order valence-electron chi connectivity index (χ1n) is 7.82. The van der Waals surface area contributed by atoms with Crippen molar-refractivity contribution in [2.24, 2.45) is 5.10 Å². The van der Waals surface area contributed by atoms with Gasteiger partial charge in [-0.05, 0) is 18.6 Å². The second-order valence-electron chi connectivity index (χ2n) is 5.32. The SMILES string of the molecule is Cc1onc(-c2ccccc2)c1C(=O)NN=C/C=C/c1ccccc1. The number of aryl methyl sites for hydroxylation is 1. The molecule has 0 saturated heterocycles. The van der Waals surface area contributed by atoms with Gasteiger partial charge in [0.1, 0.15) is 17.0 Å². The third kappa shape index (κ3) is 4.09. The third-order valence-electron chi connectivity index (χ3n) is 3.55. The Bertz CT molecular complexity index is 897. The van der Waals surface area contributed by atoms with E-state index in [0.29, 0.717) is 17.0 Å². The van der Waals surface area contributed by atoms with Gasteiger partial charge >= 0.3 is 0 Å². The number of nitrogens with zero attached hydrogens (tertiary/aromatic N) is 2. The van der Waals surface area contributed by atoms with Crippen LogP contribution in [0.2, 0.25) is 0 Å². The zero-order valence-corrected chi connectivity index (χ0v) is 13.7. The molecule has 1 amide bonds. The van der Waals surface area contributed by atoms with Crippen LogP contribution in [0.15, 0.2) is 76.4 Å². The predicted octanol–water partition coefficient (Wildman–Crippen LogP) is 4.08. The second-order valence-corrected chi connectivity index (χ2v) is 5.32. The van der Waals surface area contributed by atoms with E-state index in [1.807, 2.05) is 66.7 Å². The maximum atomic E-state index is 12.4. The highest BCUT2D eigenvalue weighted by Crippen LogP contribution is 2.24. The quantitative estimate of drug-likeness (QED) is 0.566. The summed E-state index contributed by atoms with van der Waals surface area (Å²) in [7, 11) is 0. The third-order valence-corrected chi connectivity index (χ3v) is 3.55. The predicted molar refractivity (Wildman–Crippen MR) is 98.1 cm³/mol. The summed E-state index contributed by atoms with van der Waals surface area (Å²) in [6, 6.07) is 19.2. The molecule has 5 nitrogen and oxygen atoms in total. The Balaban J connectivity index is 1.69. The molecule has 3 aromatic rings. The van der Waals surface area contributed by atoms with Gasteiger partial charge < -0.3 is 4.52 Å². The van der Waals surface area contributed by atoms with Crippen LogP contribution in [0.3, 0.4) is 0 Å². The minimum absolute atomic E-state index is 0.359. The number of hydrogen-bond donors (Lipinski definition) is 1. The van der Waals surface area contributed by atoms with Gasteiger partial charge in [0.15, 0.2) is 0 Å². The zero-order valence-electron chi connectivity index (χ0n) is 13.7. The fourth-order valence-electron chi connectivity index (χ4n) is 2.35. The number of carbonyl (C=O) groups is 1. The lowest BCUT2D eigenvalue weighted by atomic mass is 10.1. The molecular weight excluding hydrogens is 314 g/mol. The van der Waals surface area contributed by atoms with E-state index >= 15 is 0 Å². The molecular formula is C20H17N3O2. The van der Waals surface area contributed by atoms with Crippen LogP contribution < -0.4 is 5.43 Å². The average Bonchev–Trinajstić information content (AvgIpc) is 3.04. The molecule has 0 unspecified atom stereocenters. The van der Waals surface area contributed by atoms with Crippen molar-refractivity contribution in [2.45, 2.75) is 6.92 Å². The number of hydrazone groups is 1. The minimum Gasteiger partial charge on any atom is -0.360 e. The number of amides is 1. The van der Waals surface area contributed by atoms with E-state index in [1.54, 1.807) is 13.0 Å². The van der Waals surface area contributed by atoms with Gasteiger partial charge in [0.05, 0.1) is 0 Å². The largest absolute Gasteiger partial charge is 0.360 e. The van der Waals surface area contributed by atoms with Crippen molar-refractivity contribution in [3.05, 3.63) is 83.6 Å². The number of rotatable bonds is 5. The molecule has 3 rings (SSSR count). The summed E-state index contributed by atoms with van der Waals surface area (Å²) in [6.45, 7) is 1.70. The summed E-state index contributed by atoms with van der Waals surface area (Å²) in [5, 5.41) is 7.93. The van der Waals surface area contributed by atoms with Gasteiger partial charge in [0, 0.05) is 11.8 Å². The van der Waals surface area contributed by atoms with Gasteiger partial charge in [-0.15, -0.1) is 0 Å². The highest BCUT2D eigenvalue weighted by Gasteiger charge is 2.20. The van der Waals surface area contributed by atoms with E-state index < -0.39 is 0 Å². The molecule has 0 bridgehead atoms.